The van der Waals surface area contributed by atoms with E-state index >= 15 is 0 Å². The lowest BCUT2D eigenvalue weighted by Crippen LogP contribution is -2.11. The Kier molecular flexibility index (Phi) is 20.8. The van der Waals surface area contributed by atoms with E-state index in [-0.39, 0.29) is 36.7 Å². The minimum Gasteiger partial charge on any atom is -0.461 e. The smallest absolute Gasteiger partial charge is 0.416 e. The lowest BCUT2D eigenvalue weighted by Gasteiger charge is -2.08. The maximum absolute atomic E-state index is 12.8. The summed E-state index contributed by atoms with van der Waals surface area (Å²) < 4.78 is 128. The van der Waals surface area contributed by atoms with Gasteiger partial charge in [0.1, 0.15) is 18.6 Å². The van der Waals surface area contributed by atoms with Crippen LogP contribution >= 0.6 is 15.9 Å². The molecule has 0 spiro atoms. The topological polar surface area (TPSA) is 263 Å². The van der Waals surface area contributed by atoms with Crippen molar-refractivity contribution < 1.29 is 63.1 Å². The van der Waals surface area contributed by atoms with Crippen molar-refractivity contribution in [2.75, 3.05) is 11.1 Å². The first-order valence-electron chi connectivity index (χ1n) is 23.3. The highest BCUT2D eigenvalue weighted by molar-refractivity contribution is 9.08. The summed E-state index contributed by atoms with van der Waals surface area (Å²) in [5.41, 5.74) is 8.00. The molecule has 20 nitrogen and oxygen atoms in total. The van der Waals surface area contributed by atoms with E-state index in [1.165, 1.54) is 92.8 Å². The van der Waals surface area contributed by atoms with Crippen molar-refractivity contribution in [2.24, 2.45) is 0 Å². The summed E-state index contributed by atoms with van der Waals surface area (Å²) in [6.07, 6.45) is -1.17. The van der Waals surface area contributed by atoms with Crippen LogP contribution in [0.4, 0.5) is 62.3 Å². The molecule has 6 aromatic heterocycles. The molecule has 6 heterocycles. The van der Waals surface area contributed by atoms with E-state index in [0.29, 0.717) is 39.6 Å². The van der Waals surface area contributed by atoms with Crippen LogP contribution in [0.2, 0.25) is 0 Å². The largest absolute Gasteiger partial charge is 0.461 e. The van der Waals surface area contributed by atoms with Gasteiger partial charge in [0.2, 0.25) is 5.76 Å². The number of anilines is 2. The molecule has 10 rings (SSSR count). The summed E-state index contributed by atoms with van der Waals surface area (Å²) >= 11 is 3.39. The Balaban J connectivity index is 0.000000178. The first-order chi connectivity index (χ1) is 38.8. The molecule has 0 aliphatic heterocycles. The molecule has 0 aliphatic carbocycles. The molecule has 0 bridgehead atoms. The number of hydrogen-bond acceptors (Lipinski definition) is 13. The third-order valence-electron chi connectivity index (χ3n) is 10.6. The van der Waals surface area contributed by atoms with Crippen molar-refractivity contribution in [1.82, 2.24) is 44.7 Å². The summed E-state index contributed by atoms with van der Waals surface area (Å²) in [5.74, 6) is 0.219. The first kappa shape index (κ1) is 61.3. The summed E-state index contributed by atoms with van der Waals surface area (Å²) in [4.78, 5) is 31.4. The average Bonchev–Trinajstić information content (AvgIpc) is 4.46. The highest BCUT2D eigenvalue weighted by Crippen LogP contribution is 2.32. The second kappa shape index (κ2) is 27.8. The molecule has 82 heavy (non-hydrogen) atoms. The van der Waals surface area contributed by atoms with Crippen LogP contribution in [-0.2, 0) is 43.5 Å². The number of nitrogen functional groups attached to an aromatic ring is 1. The van der Waals surface area contributed by atoms with Gasteiger partial charge in [0.05, 0.1) is 82.4 Å². The quantitative estimate of drug-likeness (QED) is 0.0445. The van der Waals surface area contributed by atoms with Crippen LogP contribution in [0.5, 0.6) is 0 Å². The van der Waals surface area contributed by atoms with Gasteiger partial charge in [-0.25, -0.2) is 0 Å². The molecule has 0 radical (unpaired) electrons. The molecule has 30 heteroatoms. The number of nitrogens with zero attached hydrogens (tertiary/aromatic N) is 10. The number of aryl methyl sites for hydroxylation is 1. The van der Waals surface area contributed by atoms with Crippen molar-refractivity contribution >= 4 is 44.6 Å². The van der Waals surface area contributed by atoms with Crippen LogP contribution in [-0.4, -0.2) is 60.4 Å². The molecule has 0 fully saturated rings. The maximum Gasteiger partial charge on any atom is 0.416 e. The Bertz CT molecular complexity index is 3650. The molecule has 428 valence electrons. The van der Waals surface area contributed by atoms with Crippen LogP contribution in [0.3, 0.4) is 0 Å². The standard InChI is InChI=1S/C19H13F3N4O3.C11H8F3N3O2.C11H10F3N3.C8H9Br.C3H3N3O2/c20-19(21,22)13-4-1-3-12(7-13)10-26-11-14(9-23-26)24-18(27)15-8-17(29-25-15)16-5-2-6-28-16;12-11(13,14)9-3-1-2-8(4-9)6-16-7-10(5-15-16)17(18)19;12-11(13,14)9-3-1-2-8(4-9)6-17-7-10(15)5-16-17;1-7-3-2-4-8(5-7)6-9;7-6(8)3-1-4-5-2-3/h1-9,11H,10H2,(H,24,27);1-5,7H,6H2;1-5,7H,6,15H2;2-5H,6H2,1H3;1-2H,(H,4,5). The van der Waals surface area contributed by atoms with Gasteiger partial charge < -0.3 is 20.0 Å². The Morgan fingerprint density at radius 3 is 1.57 bits per heavy atom. The predicted molar refractivity (Wildman–Crippen MR) is 281 cm³/mol. The van der Waals surface area contributed by atoms with Crippen molar-refractivity contribution in [3.05, 3.63) is 242 Å². The first-order valence-corrected chi connectivity index (χ1v) is 24.5. The van der Waals surface area contributed by atoms with E-state index in [4.69, 9.17) is 14.7 Å². The number of hydrogen-bond donors (Lipinski definition) is 3. The summed E-state index contributed by atoms with van der Waals surface area (Å²) in [5, 5.41) is 44.9. The lowest BCUT2D eigenvalue weighted by atomic mass is 10.1. The molecular formula is C52H43BrF9N13O7. The van der Waals surface area contributed by atoms with Crippen LogP contribution in [0, 0.1) is 27.2 Å². The van der Waals surface area contributed by atoms with Gasteiger partial charge in [0, 0.05) is 23.8 Å². The summed E-state index contributed by atoms with van der Waals surface area (Å²) in [6.45, 7) is 2.53. The second-order valence-electron chi connectivity index (χ2n) is 17.0. The normalized spacial score (nSPS) is 11.1. The zero-order chi connectivity index (χ0) is 59.6. The zero-order valence-corrected chi connectivity index (χ0v) is 43.8. The minimum atomic E-state index is -4.41. The summed E-state index contributed by atoms with van der Waals surface area (Å²) in [7, 11) is 0. The molecule has 0 unspecified atom stereocenters. The fraction of sp³-hybridized carbons (Fsp3) is 0.154. The van der Waals surface area contributed by atoms with Crippen LogP contribution in [0.15, 0.2) is 180 Å². The van der Waals surface area contributed by atoms with Gasteiger partial charge in [-0.05, 0) is 77.7 Å². The third kappa shape index (κ3) is 19.2. The molecule has 1 amide bonds. The fourth-order valence-electron chi connectivity index (χ4n) is 6.86. The van der Waals surface area contributed by atoms with Gasteiger partial charge in [-0.1, -0.05) is 87.3 Å². The van der Waals surface area contributed by atoms with E-state index in [1.807, 2.05) is 0 Å². The molecule has 4 N–H and O–H groups in total. The number of aromatic amines is 1. The van der Waals surface area contributed by atoms with Gasteiger partial charge in [-0.2, -0.15) is 59.9 Å². The number of H-pyrrole nitrogens is 1. The van der Waals surface area contributed by atoms with Crippen molar-refractivity contribution in [3.8, 4) is 11.5 Å². The number of amides is 1. The van der Waals surface area contributed by atoms with E-state index in [2.05, 4.69) is 83.1 Å². The summed E-state index contributed by atoms with van der Waals surface area (Å²) in [6, 6.07) is 28.1. The van der Waals surface area contributed by atoms with E-state index < -0.39 is 51.0 Å². The molecule has 0 atom stereocenters. The number of alkyl halides is 10. The number of carbonyl (C=O) groups is 1. The van der Waals surface area contributed by atoms with Gasteiger partial charge in [-0.15, -0.1) is 0 Å². The number of benzene rings is 4. The SMILES string of the molecule is Cc1cccc(CBr)c1.Nc1cnn(Cc2cccc(C(F)(F)F)c2)c1.O=C(Nc1cnn(Cc2cccc(C(F)(F)F)c2)c1)c1cc(-c2ccco2)on1.O=[N+]([O-])c1cn[nH]c1.O=[N+]([O-])c1cnn(Cc2cccc(C(F)(F)F)c2)c1. The number of nitrogens with two attached hydrogens (primary N) is 1. The fourth-order valence-corrected chi connectivity index (χ4v) is 7.21. The van der Waals surface area contributed by atoms with Crippen LogP contribution < -0.4 is 11.1 Å². The number of carbonyl (C=O) groups excluding carboxylic acids is 1. The number of nitrogens with one attached hydrogen (secondary N) is 2. The molecule has 0 saturated carbocycles. The van der Waals surface area contributed by atoms with Crippen LogP contribution in [0.25, 0.3) is 11.5 Å². The Labute approximate surface area is 465 Å². The average molecular weight is 1210 g/mol. The van der Waals surface area contributed by atoms with Crippen molar-refractivity contribution in [1.29, 1.82) is 0 Å². The maximum atomic E-state index is 12.8. The molecule has 0 saturated heterocycles. The lowest BCUT2D eigenvalue weighted by molar-refractivity contribution is -0.385. The van der Waals surface area contributed by atoms with Gasteiger partial charge in [0.25, 0.3) is 5.91 Å². The molecule has 10 aromatic rings. The predicted octanol–water partition coefficient (Wildman–Crippen LogP) is 13.0. The molecule has 4 aromatic carbocycles. The molecule has 0 aliphatic rings. The van der Waals surface area contributed by atoms with Crippen LogP contribution in [0.1, 0.15) is 55.0 Å². The van der Waals surface area contributed by atoms with E-state index in [9.17, 15) is 64.5 Å². The van der Waals surface area contributed by atoms with E-state index in [1.54, 1.807) is 30.5 Å². The number of furan rings is 1. The van der Waals surface area contributed by atoms with E-state index in [0.717, 1.165) is 54.1 Å². The number of nitro groups is 2. The Hall–Kier alpha value is -9.87. The van der Waals surface area contributed by atoms with Gasteiger partial charge >= 0.3 is 29.9 Å². The number of halogens is 10. The number of aromatic nitrogens is 9. The second-order valence-corrected chi connectivity index (χ2v) is 17.6. The number of rotatable bonds is 12. The monoisotopic (exact) mass is 1210 g/mol. The third-order valence-corrected chi connectivity index (χ3v) is 11.3. The zero-order valence-electron chi connectivity index (χ0n) is 42.2. The Morgan fingerprint density at radius 2 is 1.15 bits per heavy atom. The Morgan fingerprint density at radius 1 is 0.634 bits per heavy atom. The highest BCUT2D eigenvalue weighted by atomic mass is 79.9. The molecular weight excluding hydrogens is 1170 g/mol. The minimum absolute atomic E-state index is 0.00926. The highest BCUT2D eigenvalue weighted by Gasteiger charge is 2.32. The van der Waals surface area contributed by atoms with Crippen molar-refractivity contribution in [3.63, 3.8) is 0 Å². The van der Waals surface area contributed by atoms with Crippen molar-refractivity contribution in [2.45, 2.75) is 50.4 Å². The van der Waals surface area contributed by atoms with Gasteiger partial charge in [-0.3, -0.25) is 44.2 Å². The van der Waals surface area contributed by atoms with Gasteiger partial charge in [0.15, 0.2) is 11.5 Å².